The molecule has 0 unspecified atom stereocenters. The number of hydrogen-bond acceptors (Lipinski definition) is 3. The van der Waals surface area contributed by atoms with Crippen molar-refractivity contribution < 1.29 is 5.21 Å². The van der Waals surface area contributed by atoms with Crippen LogP contribution in [0.5, 0.6) is 0 Å². The number of rotatable bonds is 2. The summed E-state index contributed by atoms with van der Waals surface area (Å²) in [4.78, 5) is 8.37. The van der Waals surface area contributed by atoms with Crippen LogP contribution in [0, 0.1) is 0 Å². The van der Waals surface area contributed by atoms with Crippen LogP contribution in [0.3, 0.4) is 0 Å². The Morgan fingerprint density at radius 1 is 1.20 bits per heavy atom. The van der Waals surface area contributed by atoms with Gasteiger partial charge in [-0.2, -0.15) is 4.73 Å². The van der Waals surface area contributed by atoms with Crippen LogP contribution in [-0.4, -0.2) is 14.9 Å². The second-order valence-electron chi connectivity index (χ2n) is 3.04. The fraction of sp³-hybridized carbons (Fsp3) is 0.0909. The summed E-state index contributed by atoms with van der Waals surface area (Å²) >= 11 is 0. The van der Waals surface area contributed by atoms with Crippen molar-refractivity contribution in [3.63, 3.8) is 0 Å². The van der Waals surface area contributed by atoms with Crippen molar-refractivity contribution in [1.29, 1.82) is 0 Å². The van der Waals surface area contributed by atoms with Crippen molar-refractivity contribution in [2.75, 3.05) is 0 Å². The van der Waals surface area contributed by atoms with Crippen LogP contribution in [0.25, 0.3) is 0 Å². The van der Waals surface area contributed by atoms with Crippen LogP contribution in [0.1, 0.15) is 5.69 Å². The van der Waals surface area contributed by atoms with Gasteiger partial charge < -0.3 is 5.21 Å². The van der Waals surface area contributed by atoms with E-state index in [4.69, 9.17) is 0 Å². The second-order valence-corrected chi connectivity index (χ2v) is 3.04. The fourth-order valence-electron chi connectivity index (χ4n) is 1.20. The first-order valence-corrected chi connectivity index (χ1v) is 4.63. The van der Waals surface area contributed by atoms with E-state index >= 15 is 0 Å². The van der Waals surface area contributed by atoms with E-state index in [-0.39, 0.29) is 0 Å². The molecule has 76 valence electrons. The minimum Gasteiger partial charge on any atom is -0.427 e. The molecule has 0 saturated heterocycles. The van der Waals surface area contributed by atoms with Gasteiger partial charge in [-0.25, -0.2) is 0 Å². The monoisotopic (exact) mass is 201 g/mol. The van der Waals surface area contributed by atoms with Crippen LogP contribution in [-0.2, 0) is 6.54 Å². The van der Waals surface area contributed by atoms with Gasteiger partial charge in [0, 0.05) is 12.4 Å². The van der Waals surface area contributed by atoms with Crippen molar-refractivity contribution >= 4 is 0 Å². The SMILES string of the molecule is On1ccccc1=NCc1ccccn1. The molecule has 0 radical (unpaired) electrons. The predicted octanol–water partition coefficient (Wildman–Crippen LogP) is 1.22. The van der Waals surface area contributed by atoms with Gasteiger partial charge in [-0.1, -0.05) is 12.1 Å². The van der Waals surface area contributed by atoms with Crippen molar-refractivity contribution in [2.45, 2.75) is 6.54 Å². The third kappa shape index (κ3) is 2.43. The average molecular weight is 201 g/mol. The standard InChI is InChI=1S/C11H11N3O/c15-14-8-4-2-6-11(14)13-9-10-5-1-3-7-12-10/h1-8,15H,9H2. The first-order valence-electron chi connectivity index (χ1n) is 4.63. The minimum absolute atomic E-state index is 0.464. The molecule has 2 aromatic heterocycles. The molecule has 2 heterocycles. The molecule has 0 aliphatic rings. The third-order valence-corrected chi connectivity index (χ3v) is 1.95. The smallest absolute Gasteiger partial charge is 0.163 e. The van der Waals surface area contributed by atoms with E-state index in [0.29, 0.717) is 12.0 Å². The van der Waals surface area contributed by atoms with Gasteiger partial charge in [-0.05, 0) is 24.3 Å². The molecule has 15 heavy (non-hydrogen) atoms. The van der Waals surface area contributed by atoms with E-state index in [9.17, 15) is 5.21 Å². The van der Waals surface area contributed by atoms with Gasteiger partial charge in [0.2, 0.25) is 0 Å². The van der Waals surface area contributed by atoms with Crippen LogP contribution >= 0.6 is 0 Å². The number of aromatic nitrogens is 2. The summed E-state index contributed by atoms with van der Waals surface area (Å²) in [6.45, 7) is 0.464. The zero-order valence-electron chi connectivity index (χ0n) is 8.11. The molecule has 4 nitrogen and oxygen atoms in total. The quantitative estimate of drug-likeness (QED) is 0.743. The molecule has 0 aromatic carbocycles. The summed E-state index contributed by atoms with van der Waals surface area (Å²) in [5.41, 5.74) is 1.39. The van der Waals surface area contributed by atoms with E-state index in [1.807, 2.05) is 24.3 Å². The van der Waals surface area contributed by atoms with E-state index in [1.165, 1.54) is 6.20 Å². The van der Waals surface area contributed by atoms with E-state index < -0.39 is 0 Å². The maximum atomic E-state index is 9.39. The van der Waals surface area contributed by atoms with Crippen molar-refractivity contribution in [1.82, 2.24) is 9.71 Å². The zero-order valence-corrected chi connectivity index (χ0v) is 8.11. The lowest BCUT2D eigenvalue weighted by molar-refractivity contribution is 0.171. The molecule has 1 N–H and O–H groups in total. The van der Waals surface area contributed by atoms with E-state index in [1.54, 1.807) is 18.3 Å². The van der Waals surface area contributed by atoms with Crippen molar-refractivity contribution in [3.8, 4) is 0 Å². The summed E-state index contributed by atoms with van der Waals surface area (Å²) < 4.78 is 0.989. The molecule has 0 spiro atoms. The van der Waals surface area contributed by atoms with Gasteiger partial charge in [0.05, 0.1) is 12.2 Å². The first-order chi connectivity index (χ1) is 7.36. The van der Waals surface area contributed by atoms with Crippen LogP contribution in [0.4, 0.5) is 0 Å². The lowest BCUT2D eigenvalue weighted by atomic mass is 10.3. The highest BCUT2D eigenvalue weighted by atomic mass is 16.5. The third-order valence-electron chi connectivity index (χ3n) is 1.95. The molecule has 0 atom stereocenters. The van der Waals surface area contributed by atoms with Crippen LogP contribution < -0.4 is 5.49 Å². The highest BCUT2D eigenvalue weighted by Gasteiger charge is 1.90. The van der Waals surface area contributed by atoms with Gasteiger partial charge in [0.1, 0.15) is 0 Å². The predicted molar refractivity (Wildman–Crippen MR) is 55.1 cm³/mol. The van der Waals surface area contributed by atoms with Gasteiger partial charge >= 0.3 is 0 Å². The summed E-state index contributed by atoms with van der Waals surface area (Å²) in [5.74, 6) is 0. The molecule has 0 aliphatic heterocycles. The Bertz CT molecular complexity index is 490. The molecule has 0 bridgehead atoms. The molecular formula is C11H11N3O. The Hall–Kier alpha value is -2.10. The first kappa shape index (κ1) is 9.45. The zero-order chi connectivity index (χ0) is 10.5. The molecule has 0 fully saturated rings. The highest BCUT2D eigenvalue weighted by molar-refractivity contribution is 5.03. The Morgan fingerprint density at radius 3 is 2.80 bits per heavy atom. The molecule has 0 saturated carbocycles. The number of pyridine rings is 2. The Kier molecular flexibility index (Phi) is 2.78. The lowest BCUT2D eigenvalue weighted by Gasteiger charge is -1.97. The number of nitrogens with zero attached hydrogens (tertiary/aromatic N) is 3. The van der Waals surface area contributed by atoms with E-state index in [0.717, 1.165) is 10.4 Å². The molecule has 2 aromatic rings. The van der Waals surface area contributed by atoms with Gasteiger partial charge in [-0.3, -0.25) is 9.98 Å². The second kappa shape index (κ2) is 4.41. The van der Waals surface area contributed by atoms with Gasteiger partial charge in [0.25, 0.3) is 0 Å². The molecular weight excluding hydrogens is 190 g/mol. The van der Waals surface area contributed by atoms with E-state index in [2.05, 4.69) is 9.98 Å². The number of hydrogen-bond donors (Lipinski definition) is 1. The molecule has 2 rings (SSSR count). The molecule has 4 heteroatoms. The Balaban J connectivity index is 2.23. The molecule has 0 amide bonds. The largest absolute Gasteiger partial charge is 0.427 e. The summed E-state index contributed by atoms with van der Waals surface area (Å²) in [7, 11) is 0. The maximum Gasteiger partial charge on any atom is 0.163 e. The lowest BCUT2D eigenvalue weighted by Crippen LogP contribution is -2.17. The maximum absolute atomic E-state index is 9.39. The highest BCUT2D eigenvalue weighted by Crippen LogP contribution is 1.94. The summed E-state index contributed by atoms with van der Waals surface area (Å²) in [5, 5.41) is 9.39. The summed E-state index contributed by atoms with van der Waals surface area (Å²) in [6, 6.07) is 11.0. The minimum atomic E-state index is 0.464. The van der Waals surface area contributed by atoms with Crippen LogP contribution in [0.2, 0.25) is 0 Å². The molecule has 0 aliphatic carbocycles. The fourth-order valence-corrected chi connectivity index (χ4v) is 1.20. The van der Waals surface area contributed by atoms with Crippen molar-refractivity contribution in [2.24, 2.45) is 4.99 Å². The van der Waals surface area contributed by atoms with Crippen molar-refractivity contribution in [3.05, 3.63) is 60.0 Å². The normalized spacial score (nSPS) is 11.6. The topological polar surface area (TPSA) is 50.4 Å². The Labute approximate surface area is 87.1 Å². The van der Waals surface area contributed by atoms with Gasteiger partial charge in [0.15, 0.2) is 5.49 Å². The van der Waals surface area contributed by atoms with Gasteiger partial charge in [-0.15, -0.1) is 0 Å². The summed E-state index contributed by atoms with van der Waals surface area (Å²) in [6.07, 6.45) is 3.26. The van der Waals surface area contributed by atoms with Crippen LogP contribution in [0.15, 0.2) is 53.8 Å². The Morgan fingerprint density at radius 2 is 2.07 bits per heavy atom. The average Bonchev–Trinajstić information content (AvgIpc) is 2.29.